The van der Waals surface area contributed by atoms with Gasteiger partial charge in [0.25, 0.3) is 0 Å². The number of hydrogen-bond donors (Lipinski definition) is 0. The molecule has 0 unspecified atom stereocenters. The highest BCUT2D eigenvalue weighted by Gasteiger charge is 2.17. The first-order chi connectivity index (χ1) is 11.7. The molecule has 3 heterocycles. The summed E-state index contributed by atoms with van der Waals surface area (Å²) in [6.45, 7) is 2.10. The average Bonchev–Trinajstić information content (AvgIpc) is 3.35. The summed E-state index contributed by atoms with van der Waals surface area (Å²) in [4.78, 5) is 4.32. The van der Waals surface area contributed by atoms with E-state index < -0.39 is 0 Å². The molecule has 1 atom stereocenters. The van der Waals surface area contributed by atoms with Crippen LogP contribution in [0, 0.1) is 0 Å². The Labute approximate surface area is 139 Å². The Morgan fingerprint density at radius 3 is 2.67 bits per heavy atom. The van der Waals surface area contributed by atoms with Crippen molar-refractivity contribution in [1.29, 1.82) is 0 Å². The zero-order valence-corrected chi connectivity index (χ0v) is 13.5. The van der Waals surface area contributed by atoms with E-state index in [9.17, 15) is 0 Å². The van der Waals surface area contributed by atoms with Crippen LogP contribution in [0.3, 0.4) is 0 Å². The molecule has 1 aromatic carbocycles. The van der Waals surface area contributed by atoms with Crippen molar-refractivity contribution in [2.24, 2.45) is 7.05 Å². The monoisotopic (exact) mass is 319 g/mol. The van der Waals surface area contributed by atoms with Gasteiger partial charge in [0.15, 0.2) is 5.82 Å². The molecule has 120 valence electrons. The molecule has 0 saturated carbocycles. The van der Waals surface area contributed by atoms with Gasteiger partial charge in [-0.1, -0.05) is 23.4 Å². The van der Waals surface area contributed by atoms with E-state index in [1.165, 1.54) is 0 Å². The van der Waals surface area contributed by atoms with E-state index in [0.29, 0.717) is 0 Å². The smallest absolute Gasteiger partial charge is 0.161 e. The molecular formula is C17H17N7. The second-order valence-electron chi connectivity index (χ2n) is 5.63. The SMILES string of the molecule is C[C@@H](c1ccccc1-n1cccn1)n1cc(-c2nccn2C)nn1. The van der Waals surface area contributed by atoms with Crippen LogP contribution in [0.15, 0.2) is 61.3 Å². The van der Waals surface area contributed by atoms with Gasteiger partial charge in [-0.15, -0.1) is 5.10 Å². The molecule has 0 amide bonds. The predicted molar refractivity (Wildman–Crippen MR) is 89.6 cm³/mol. The van der Waals surface area contributed by atoms with Gasteiger partial charge in [-0.2, -0.15) is 5.10 Å². The Bertz CT molecular complexity index is 949. The summed E-state index contributed by atoms with van der Waals surface area (Å²) in [6, 6.07) is 10.1. The lowest BCUT2D eigenvalue weighted by Crippen LogP contribution is -2.11. The highest BCUT2D eigenvalue weighted by molar-refractivity contribution is 5.48. The van der Waals surface area contributed by atoms with Gasteiger partial charge in [0.05, 0.1) is 17.9 Å². The zero-order valence-electron chi connectivity index (χ0n) is 13.5. The van der Waals surface area contributed by atoms with E-state index in [1.807, 2.05) is 57.8 Å². The van der Waals surface area contributed by atoms with Crippen LogP contribution >= 0.6 is 0 Å². The van der Waals surface area contributed by atoms with Crippen molar-refractivity contribution in [3.63, 3.8) is 0 Å². The first kappa shape index (κ1) is 14.4. The number of benzene rings is 1. The summed E-state index contributed by atoms with van der Waals surface area (Å²) < 4.78 is 5.64. The highest BCUT2D eigenvalue weighted by Crippen LogP contribution is 2.25. The van der Waals surface area contributed by atoms with Crippen molar-refractivity contribution >= 4 is 0 Å². The first-order valence-electron chi connectivity index (χ1n) is 7.72. The van der Waals surface area contributed by atoms with Crippen molar-refractivity contribution in [2.45, 2.75) is 13.0 Å². The number of hydrogen-bond acceptors (Lipinski definition) is 4. The largest absolute Gasteiger partial charge is 0.333 e. The quantitative estimate of drug-likeness (QED) is 0.579. The van der Waals surface area contributed by atoms with E-state index in [1.54, 1.807) is 12.4 Å². The maximum absolute atomic E-state index is 4.34. The lowest BCUT2D eigenvalue weighted by molar-refractivity contribution is 0.540. The summed E-state index contributed by atoms with van der Waals surface area (Å²) in [5, 5.41) is 12.9. The van der Waals surface area contributed by atoms with E-state index in [2.05, 4.69) is 39.5 Å². The summed E-state index contributed by atoms with van der Waals surface area (Å²) in [5.41, 5.74) is 2.91. The lowest BCUT2D eigenvalue weighted by Gasteiger charge is -2.16. The van der Waals surface area contributed by atoms with Gasteiger partial charge in [-0.3, -0.25) is 0 Å². The number of rotatable bonds is 4. The van der Waals surface area contributed by atoms with Crippen LogP contribution in [0.1, 0.15) is 18.5 Å². The molecule has 0 aliphatic carbocycles. The Kier molecular flexibility index (Phi) is 3.45. The van der Waals surface area contributed by atoms with Gasteiger partial charge in [0.2, 0.25) is 0 Å². The van der Waals surface area contributed by atoms with Gasteiger partial charge in [-0.05, 0) is 19.1 Å². The molecule has 24 heavy (non-hydrogen) atoms. The fraction of sp³-hybridized carbons (Fsp3) is 0.176. The van der Waals surface area contributed by atoms with Gasteiger partial charge in [0.1, 0.15) is 5.69 Å². The third-order valence-corrected chi connectivity index (χ3v) is 4.10. The molecule has 3 aromatic heterocycles. The minimum absolute atomic E-state index is 0.0203. The van der Waals surface area contributed by atoms with E-state index >= 15 is 0 Å². The standard InChI is InChI=1S/C17H17N7/c1-13(14-6-3-4-7-16(14)23-10-5-8-19-23)24-12-15(20-21-24)17-18-9-11-22(17)2/h3-13H,1-2H3/t13-/m0/s1. The number of aromatic nitrogens is 7. The van der Waals surface area contributed by atoms with Crippen LogP contribution in [0.25, 0.3) is 17.2 Å². The van der Waals surface area contributed by atoms with E-state index in [0.717, 1.165) is 22.8 Å². The van der Waals surface area contributed by atoms with Gasteiger partial charge in [-0.25, -0.2) is 14.3 Å². The molecule has 7 nitrogen and oxygen atoms in total. The molecule has 0 saturated heterocycles. The minimum Gasteiger partial charge on any atom is -0.333 e. The lowest BCUT2D eigenvalue weighted by atomic mass is 10.1. The maximum atomic E-state index is 4.34. The van der Waals surface area contributed by atoms with Crippen LogP contribution < -0.4 is 0 Å². The predicted octanol–water partition coefficient (Wildman–Crippen LogP) is 2.47. The highest BCUT2D eigenvalue weighted by atomic mass is 15.4. The molecular weight excluding hydrogens is 302 g/mol. The summed E-state index contributed by atoms with van der Waals surface area (Å²) in [5.74, 6) is 0.800. The molecule has 7 heteroatoms. The number of aryl methyl sites for hydroxylation is 1. The normalized spacial score (nSPS) is 12.4. The van der Waals surface area contributed by atoms with Crippen LogP contribution in [0.2, 0.25) is 0 Å². The van der Waals surface area contributed by atoms with Gasteiger partial charge >= 0.3 is 0 Å². The Morgan fingerprint density at radius 1 is 1.04 bits per heavy atom. The van der Waals surface area contributed by atoms with Crippen molar-refractivity contribution < 1.29 is 0 Å². The molecule has 0 aliphatic rings. The Balaban J connectivity index is 1.72. The second kappa shape index (κ2) is 5.77. The number of nitrogens with zero attached hydrogens (tertiary/aromatic N) is 7. The van der Waals surface area contributed by atoms with Crippen LogP contribution in [-0.4, -0.2) is 34.3 Å². The van der Waals surface area contributed by atoms with Gasteiger partial charge in [0, 0.05) is 37.4 Å². The number of para-hydroxylation sites is 1. The number of imidazole rings is 1. The first-order valence-corrected chi connectivity index (χ1v) is 7.72. The van der Waals surface area contributed by atoms with Crippen molar-refractivity contribution in [2.75, 3.05) is 0 Å². The van der Waals surface area contributed by atoms with Crippen molar-refractivity contribution in [3.8, 4) is 17.2 Å². The minimum atomic E-state index is 0.0203. The second-order valence-corrected chi connectivity index (χ2v) is 5.63. The molecule has 0 spiro atoms. The summed E-state index contributed by atoms with van der Waals surface area (Å²) in [6.07, 6.45) is 9.28. The average molecular weight is 319 g/mol. The third-order valence-electron chi connectivity index (χ3n) is 4.10. The fourth-order valence-electron chi connectivity index (χ4n) is 2.78. The van der Waals surface area contributed by atoms with Crippen LogP contribution in [-0.2, 0) is 7.05 Å². The van der Waals surface area contributed by atoms with Crippen LogP contribution in [0.4, 0.5) is 0 Å². The zero-order chi connectivity index (χ0) is 16.5. The Hall–Kier alpha value is -3.22. The van der Waals surface area contributed by atoms with E-state index in [4.69, 9.17) is 0 Å². The third kappa shape index (κ3) is 2.40. The van der Waals surface area contributed by atoms with Crippen LogP contribution in [0.5, 0.6) is 0 Å². The molecule has 0 N–H and O–H groups in total. The van der Waals surface area contributed by atoms with Crippen molar-refractivity contribution in [1.82, 2.24) is 34.3 Å². The molecule has 0 aliphatic heterocycles. The molecule has 4 rings (SSSR count). The molecule has 0 radical (unpaired) electrons. The molecule has 0 bridgehead atoms. The summed E-state index contributed by atoms with van der Waals surface area (Å²) in [7, 11) is 1.94. The molecule has 0 fully saturated rings. The fourth-order valence-corrected chi connectivity index (χ4v) is 2.78. The maximum Gasteiger partial charge on any atom is 0.161 e. The summed E-state index contributed by atoms with van der Waals surface area (Å²) >= 11 is 0. The Morgan fingerprint density at radius 2 is 1.92 bits per heavy atom. The molecule has 4 aromatic rings. The topological polar surface area (TPSA) is 66.3 Å². The van der Waals surface area contributed by atoms with Crippen molar-refractivity contribution in [3.05, 3.63) is 66.9 Å². The van der Waals surface area contributed by atoms with Gasteiger partial charge < -0.3 is 4.57 Å². The van der Waals surface area contributed by atoms with E-state index in [-0.39, 0.29) is 6.04 Å².